The summed E-state index contributed by atoms with van der Waals surface area (Å²) in [5.74, 6) is 0.516. The molecule has 4 N–H and O–H groups in total. The normalized spacial score (nSPS) is 10.6. The van der Waals surface area contributed by atoms with Crippen molar-refractivity contribution in [1.82, 2.24) is 0 Å². The molecule has 0 unspecified atom stereocenters. The average molecular weight is 254 g/mol. The first-order chi connectivity index (χ1) is 8.68. The fourth-order valence-corrected chi connectivity index (χ4v) is 2.20. The van der Waals surface area contributed by atoms with Crippen LogP contribution in [-0.2, 0) is 0 Å². The minimum atomic E-state index is 0.516. The summed E-state index contributed by atoms with van der Waals surface area (Å²) in [5, 5.41) is 0. The second-order valence-corrected chi connectivity index (χ2v) is 5.52. The fraction of sp³-hybridized carbons (Fsp3) is 0.875. The van der Waals surface area contributed by atoms with Gasteiger partial charge in [-0.3, -0.25) is 0 Å². The molecule has 0 aliphatic carbocycles. The number of nitrogens with two attached hydrogens (primary N) is 2. The number of unbranched alkanes of at least 4 members (excludes halogenated alkanes) is 10. The van der Waals surface area contributed by atoms with Crippen LogP contribution in [0.3, 0.4) is 0 Å². The van der Waals surface area contributed by atoms with Crippen LogP contribution in [0.2, 0.25) is 0 Å². The monoisotopic (exact) mass is 254 g/mol. The van der Waals surface area contributed by atoms with Crippen molar-refractivity contribution in [3.05, 3.63) is 11.4 Å². The van der Waals surface area contributed by atoms with Crippen molar-refractivity contribution >= 4 is 0 Å². The van der Waals surface area contributed by atoms with Crippen LogP contribution in [0.25, 0.3) is 0 Å². The maximum atomic E-state index is 5.52. The molecule has 0 aliphatic heterocycles. The van der Waals surface area contributed by atoms with Gasteiger partial charge < -0.3 is 11.5 Å². The molecule has 0 spiro atoms. The fourth-order valence-electron chi connectivity index (χ4n) is 2.20. The van der Waals surface area contributed by atoms with Crippen molar-refractivity contribution < 1.29 is 0 Å². The highest BCUT2D eigenvalue weighted by molar-refractivity contribution is 5.03. The molecule has 0 fully saturated rings. The van der Waals surface area contributed by atoms with E-state index in [4.69, 9.17) is 11.5 Å². The molecule has 0 heterocycles. The van der Waals surface area contributed by atoms with Crippen molar-refractivity contribution in [1.29, 1.82) is 0 Å². The molecular weight excluding hydrogens is 220 g/mol. The quantitative estimate of drug-likeness (QED) is 0.490. The van der Waals surface area contributed by atoms with Gasteiger partial charge in [-0.1, -0.05) is 71.1 Å². The Balaban J connectivity index is 3.10. The molecule has 18 heavy (non-hydrogen) atoms. The first-order valence-corrected chi connectivity index (χ1v) is 7.89. The maximum Gasteiger partial charge on any atom is 0.0922 e. The molecule has 0 rings (SSSR count). The van der Waals surface area contributed by atoms with Crippen molar-refractivity contribution in [2.45, 2.75) is 90.9 Å². The lowest BCUT2D eigenvalue weighted by atomic mass is 10.0. The van der Waals surface area contributed by atoms with Crippen LogP contribution < -0.4 is 11.5 Å². The van der Waals surface area contributed by atoms with Gasteiger partial charge in [-0.25, -0.2) is 0 Å². The molecule has 0 aromatic rings. The Morgan fingerprint density at radius 1 is 0.667 bits per heavy atom. The van der Waals surface area contributed by atoms with Crippen LogP contribution in [0.1, 0.15) is 90.9 Å². The smallest absolute Gasteiger partial charge is 0.0922 e. The van der Waals surface area contributed by atoms with E-state index in [1.165, 1.54) is 70.6 Å². The van der Waals surface area contributed by atoms with Gasteiger partial charge in [-0.15, -0.1) is 0 Å². The molecule has 0 radical (unpaired) electrons. The summed E-state index contributed by atoms with van der Waals surface area (Å²) in [7, 11) is 0. The van der Waals surface area contributed by atoms with Gasteiger partial charge >= 0.3 is 0 Å². The molecule has 0 bridgehead atoms. The Labute approximate surface area is 114 Å². The molecule has 0 atom stereocenters. The molecule has 108 valence electrons. The number of hydrogen-bond donors (Lipinski definition) is 2. The zero-order chi connectivity index (χ0) is 13.6. The lowest BCUT2D eigenvalue weighted by Crippen LogP contribution is -2.10. The zero-order valence-electron chi connectivity index (χ0n) is 12.6. The third-order valence-electron chi connectivity index (χ3n) is 3.65. The van der Waals surface area contributed by atoms with Gasteiger partial charge in [-0.2, -0.15) is 0 Å². The average Bonchev–Trinajstić information content (AvgIpc) is 2.35. The summed E-state index contributed by atoms with van der Waals surface area (Å²) in [4.78, 5) is 0. The Hall–Kier alpha value is -0.660. The summed E-state index contributed by atoms with van der Waals surface area (Å²) in [6.45, 7) is 4.31. The van der Waals surface area contributed by atoms with E-state index in [0.717, 1.165) is 12.0 Å². The predicted octanol–water partition coefficient (Wildman–Crippen LogP) is 4.84. The van der Waals surface area contributed by atoms with Crippen molar-refractivity contribution in [3.63, 3.8) is 0 Å². The summed E-state index contributed by atoms with van der Waals surface area (Å²) in [6, 6.07) is 0. The number of allylic oxidation sites excluding steroid dienone is 1. The van der Waals surface area contributed by atoms with E-state index in [1.807, 2.05) is 6.92 Å². The van der Waals surface area contributed by atoms with Gasteiger partial charge in [0.05, 0.1) is 5.82 Å². The second-order valence-electron chi connectivity index (χ2n) is 5.52. The van der Waals surface area contributed by atoms with E-state index >= 15 is 0 Å². The topological polar surface area (TPSA) is 52.0 Å². The highest BCUT2D eigenvalue weighted by atomic mass is 14.8. The van der Waals surface area contributed by atoms with Crippen LogP contribution in [-0.4, -0.2) is 0 Å². The largest absolute Gasteiger partial charge is 0.386 e. The van der Waals surface area contributed by atoms with Crippen LogP contribution in [0.4, 0.5) is 0 Å². The summed E-state index contributed by atoms with van der Waals surface area (Å²) < 4.78 is 0. The minimum Gasteiger partial charge on any atom is -0.386 e. The SMILES string of the molecule is CCCCCCCCCCCCCC(C)=C(N)N. The van der Waals surface area contributed by atoms with E-state index in [-0.39, 0.29) is 0 Å². The number of rotatable bonds is 12. The molecule has 0 aromatic carbocycles. The van der Waals surface area contributed by atoms with Gasteiger partial charge in [-0.05, 0) is 25.3 Å². The van der Waals surface area contributed by atoms with E-state index in [1.54, 1.807) is 0 Å². The van der Waals surface area contributed by atoms with Crippen molar-refractivity contribution in [2.75, 3.05) is 0 Å². The first kappa shape index (κ1) is 17.3. The molecule has 2 heteroatoms. The van der Waals surface area contributed by atoms with Gasteiger partial charge in [0.2, 0.25) is 0 Å². The third kappa shape index (κ3) is 11.8. The highest BCUT2D eigenvalue weighted by Crippen LogP contribution is 2.13. The summed E-state index contributed by atoms with van der Waals surface area (Å²) >= 11 is 0. The molecule has 0 saturated carbocycles. The lowest BCUT2D eigenvalue weighted by Gasteiger charge is -2.04. The minimum absolute atomic E-state index is 0.516. The molecule has 0 aromatic heterocycles. The molecule has 0 amide bonds. The standard InChI is InChI=1S/C16H34N2/c1-3-4-5-6-7-8-9-10-11-12-13-14-15(2)16(17)18/h3-14,17-18H2,1-2H3. The Bertz CT molecular complexity index is 205. The highest BCUT2D eigenvalue weighted by Gasteiger charge is 1.95. The second kappa shape index (κ2) is 12.8. The van der Waals surface area contributed by atoms with Crippen LogP contribution in [0.5, 0.6) is 0 Å². The van der Waals surface area contributed by atoms with E-state index in [9.17, 15) is 0 Å². The van der Waals surface area contributed by atoms with Crippen LogP contribution in [0.15, 0.2) is 11.4 Å². The Kier molecular flexibility index (Phi) is 12.3. The molecular formula is C16H34N2. The van der Waals surface area contributed by atoms with Gasteiger partial charge in [0.25, 0.3) is 0 Å². The Morgan fingerprint density at radius 3 is 1.44 bits per heavy atom. The molecule has 2 nitrogen and oxygen atoms in total. The summed E-state index contributed by atoms with van der Waals surface area (Å²) in [5.41, 5.74) is 12.2. The van der Waals surface area contributed by atoms with Crippen LogP contribution in [0, 0.1) is 0 Å². The Morgan fingerprint density at radius 2 is 1.06 bits per heavy atom. The zero-order valence-corrected chi connectivity index (χ0v) is 12.6. The van der Waals surface area contributed by atoms with Gasteiger partial charge in [0, 0.05) is 0 Å². The summed E-state index contributed by atoms with van der Waals surface area (Å²) in [6.07, 6.45) is 16.3. The van der Waals surface area contributed by atoms with Crippen molar-refractivity contribution in [3.8, 4) is 0 Å². The van der Waals surface area contributed by atoms with E-state index < -0.39 is 0 Å². The maximum absolute atomic E-state index is 5.52. The van der Waals surface area contributed by atoms with E-state index in [2.05, 4.69) is 6.92 Å². The van der Waals surface area contributed by atoms with E-state index in [0.29, 0.717) is 5.82 Å². The lowest BCUT2D eigenvalue weighted by molar-refractivity contribution is 0.549. The van der Waals surface area contributed by atoms with Gasteiger partial charge in [0.1, 0.15) is 0 Å². The van der Waals surface area contributed by atoms with Crippen molar-refractivity contribution in [2.24, 2.45) is 11.5 Å². The number of hydrogen-bond acceptors (Lipinski definition) is 2. The first-order valence-electron chi connectivity index (χ1n) is 7.89. The molecule has 0 aliphatic rings. The van der Waals surface area contributed by atoms with Gasteiger partial charge in [0.15, 0.2) is 0 Å². The third-order valence-corrected chi connectivity index (χ3v) is 3.65. The predicted molar refractivity (Wildman–Crippen MR) is 82.2 cm³/mol. The molecule has 0 saturated heterocycles. The van der Waals surface area contributed by atoms with Crippen LogP contribution >= 0.6 is 0 Å².